The first kappa shape index (κ1) is 9.06. The molecule has 0 radical (unpaired) electrons. The summed E-state index contributed by atoms with van der Waals surface area (Å²) in [4.78, 5) is 4.30. The van der Waals surface area contributed by atoms with Gasteiger partial charge in [-0.15, -0.1) is 0 Å². The molecule has 0 atom stereocenters. The van der Waals surface area contributed by atoms with E-state index in [1.165, 1.54) is 0 Å². The van der Waals surface area contributed by atoms with Gasteiger partial charge in [-0.05, 0) is 18.1 Å². The number of hydrogen-bond donors (Lipinski definition) is 1. The van der Waals surface area contributed by atoms with Gasteiger partial charge < -0.3 is 9.67 Å². The van der Waals surface area contributed by atoms with Gasteiger partial charge in [0.05, 0.1) is 17.4 Å². The summed E-state index contributed by atoms with van der Waals surface area (Å²) in [6, 6.07) is 3.63. The molecule has 3 nitrogen and oxygen atoms in total. The Bertz CT molecular complexity index is 471. The van der Waals surface area contributed by atoms with Gasteiger partial charge in [0.1, 0.15) is 5.75 Å². The molecule has 2 aromatic rings. The van der Waals surface area contributed by atoms with Crippen LogP contribution in [0.3, 0.4) is 0 Å². The molecular weight excluding hydrogens is 176 g/mol. The van der Waals surface area contributed by atoms with E-state index >= 15 is 0 Å². The van der Waals surface area contributed by atoms with Crippen molar-refractivity contribution in [2.75, 3.05) is 0 Å². The maximum atomic E-state index is 9.74. The number of imidazole rings is 1. The van der Waals surface area contributed by atoms with Gasteiger partial charge in [0, 0.05) is 12.6 Å². The third kappa shape index (κ3) is 1.16. The fourth-order valence-electron chi connectivity index (χ4n) is 1.78. The van der Waals surface area contributed by atoms with Crippen molar-refractivity contribution < 1.29 is 5.11 Å². The summed E-state index contributed by atoms with van der Waals surface area (Å²) in [7, 11) is 1.95. The topological polar surface area (TPSA) is 38.1 Å². The van der Waals surface area contributed by atoms with Gasteiger partial charge in [-0.1, -0.05) is 13.8 Å². The lowest BCUT2D eigenvalue weighted by atomic mass is 10.0. The van der Waals surface area contributed by atoms with Crippen molar-refractivity contribution in [3.63, 3.8) is 0 Å². The molecule has 0 spiro atoms. The normalized spacial score (nSPS) is 11.4. The number of aryl methyl sites for hydroxylation is 1. The van der Waals surface area contributed by atoms with Crippen molar-refractivity contribution in [3.8, 4) is 5.75 Å². The highest BCUT2D eigenvalue weighted by molar-refractivity contribution is 5.82. The molecule has 1 aromatic heterocycles. The summed E-state index contributed by atoms with van der Waals surface area (Å²) in [6.07, 6.45) is 1.77. The summed E-state index contributed by atoms with van der Waals surface area (Å²) < 4.78 is 1.96. The van der Waals surface area contributed by atoms with Crippen LogP contribution in [0.4, 0.5) is 0 Å². The largest absolute Gasteiger partial charge is 0.508 e. The van der Waals surface area contributed by atoms with Crippen LogP contribution >= 0.6 is 0 Å². The molecule has 74 valence electrons. The third-order valence-electron chi connectivity index (χ3n) is 2.49. The van der Waals surface area contributed by atoms with E-state index in [0.29, 0.717) is 5.75 Å². The van der Waals surface area contributed by atoms with Gasteiger partial charge in [0.25, 0.3) is 0 Å². The van der Waals surface area contributed by atoms with Gasteiger partial charge in [-0.2, -0.15) is 0 Å². The standard InChI is InChI=1S/C11H14N2O/c1-7(2)10-9(14)5-4-8-11(10)12-6-13(8)3/h4-7,14H,1-3H3. The minimum absolute atomic E-state index is 0.286. The van der Waals surface area contributed by atoms with E-state index in [1.807, 2.05) is 17.7 Å². The lowest BCUT2D eigenvalue weighted by Crippen LogP contribution is -1.91. The van der Waals surface area contributed by atoms with Gasteiger partial charge in [0.2, 0.25) is 0 Å². The molecule has 1 heterocycles. The minimum atomic E-state index is 0.286. The number of phenols is 1. The lowest BCUT2D eigenvalue weighted by molar-refractivity contribution is 0.466. The first-order valence-corrected chi connectivity index (χ1v) is 4.74. The van der Waals surface area contributed by atoms with Gasteiger partial charge in [-0.3, -0.25) is 0 Å². The smallest absolute Gasteiger partial charge is 0.121 e. The Hall–Kier alpha value is -1.51. The predicted molar refractivity (Wildman–Crippen MR) is 56.5 cm³/mol. The van der Waals surface area contributed by atoms with Crippen LogP contribution in [0.25, 0.3) is 11.0 Å². The lowest BCUT2D eigenvalue weighted by Gasteiger charge is -2.08. The number of aromatic nitrogens is 2. The van der Waals surface area contributed by atoms with E-state index < -0.39 is 0 Å². The minimum Gasteiger partial charge on any atom is -0.508 e. The van der Waals surface area contributed by atoms with E-state index in [-0.39, 0.29) is 5.92 Å². The Kier molecular flexibility index (Phi) is 1.95. The van der Waals surface area contributed by atoms with E-state index in [0.717, 1.165) is 16.6 Å². The van der Waals surface area contributed by atoms with Crippen molar-refractivity contribution in [2.24, 2.45) is 7.05 Å². The van der Waals surface area contributed by atoms with E-state index in [4.69, 9.17) is 0 Å². The highest BCUT2D eigenvalue weighted by Crippen LogP contribution is 2.31. The molecule has 1 N–H and O–H groups in total. The third-order valence-corrected chi connectivity index (χ3v) is 2.49. The number of benzene rings is 1. The number of aromatic hydroxyl groups is 1. The van der Waals surface area contributed by atoms with Crippen molar-refractivity contribution in [3.05, 3.63) is 24.0 Å². The Morgan fingerprint density at radius 1 is 1.36 bits per heavy atom. The van der Waals surface area contributed by atoms with E-state index in [1.54, 1.807) is 12.4 Å². The van der Waals surface area contributed by atoms with Crippen LogP contribution in [0.15, 0.2) is 18.5 Å². The Balaban J connectivity index is 2.83. The number of phenolic OH excluding ortho intramolecular Hbond substituents is 1. The average Bonchev–Trinajstić information content (AvgIpc) is 2.47. The van der Waals surface area contributed by atoms with Crippen LogP contribution in [0, 0.1) is 0 Å². The maximum Gasteiger partial charge on any atom is 0.121 e. The van der Waals surface area contributed by atoms with Crippen molar-refractivity contribution in [1.29, 1.82) is 0 Å². The zero-order valence-electron chi connectivity index (χ0n) is 8.65. The van der Waals surface area contributed by atoms with E-state index in [9.17, 15) is 5.11 Å². The average molecular weight is 190 g/mol. The number of fused-ring (bicyclic) bond motifs is 1. The van der Waals surface area contributed by atoms with Crippen molar-refractivity contribution in [1.82, 2.24) is 9.55 Å². The molecule has 0 bridgehead atoms. The molecule has 0 amide bonds. The molecule has 0 fully saturated rings. The fourth-order valence-corrected chi connectivity index (χ4v) is 1.78. The summed E-state index contributed by atoms with van der Waals surface area (Å²) >= 11 is 0. The van der Waals surface area contributed by atoms with Gasteiger partial charge in [-0.25, -0.2) is 4.98 Å². The second kappa shape index (κ2) is 3.01. The molecule has 1 aromatic carbocycles. The van der Waals surface area contributed by atoms with Crippen LogP contribution in [-0.2, 0) is 7.05 Å². The maximum absolute atomic E-state index is 9.74. The Morgan fingerprint density at radius 3 is 2.71 bits per heavy atom. The van der Waals surface area contributed by atoms with Crippen LogP contribution in [0.2, 0.25) is 0 Å². The highest BCUT2D eigenvalue weighted by Gasteiger charge is 2.13. The van der Waals surface area contributed by atoms with Crippen molar-refractivity contribution >= 4 is 11.0 Å². The zero-order valence-corrected chi connectivity index (χ0v) is 8.65. The SMILES string of the molecule is CC(C)c1c(O)ccc2c1ncn2C. The summed E-state index contributed by atoms with van der Waals surface area (Å²) in [6.45, 7) is 4.12. The van der Waals surface area contributed by atoms with E-state index in [2.05, 4.69) is 18.8 Å². The first-order chi connectivity index (χ1) is 6.61. The summed E-state index contributed by atoms with van der Waals surface area (Å²) in [5.74, 6) is 0.625. The monoisotopic (exact) mass is 190 g/mol. The fraction of sp³-hybridized carbons (Fsp3) is 0.364. The van der Waals surface area contributed by atoms with Gasteiger partial charge >= 0.3 is 0 Å². The Morgan fingerprint density at radius 2 is 2.07 bits per heavy atom. The quantitative estimate of drug-likeness (QED) is 0.749. The second-order valence-corrected chi connectivity index (χ2v) is 3.88. The van der Waals surface area contributed by atoms with Crippen molar-refractivity contribution in [2.45, 2.75) is 19.8 Å². The van der Waals surface area contributed by atoms with Gasteiger partial charge in [0.15, 0.2) is 0 Å². The molecule has 14 heavy (non-hydrogen) atoms. The molecular formula is C11H14N2O. The molecule has 0 aliphatic rings. The molecule has 3 heteroatoms. The Labute approximate surface area is 83.0 Å². The van der Waals surface area contributed by atoms with Crippen LogP contribution in [0.5, 0.6) is 5.75 Å². The van der Waals surface area contributed by atoms with Crippen LogP contribution < -0.4 is 0 Å². The molecule has 0 unspecified atom stereocenters. The second-order valence-electron chi connectivity index (χ2n) is 3.88. The molecule has 0 saturated heterocycles. The predicted octanol–water partition coefficient (Wildman–Crippen LogP) is 2.40. The molecule has 0 aliphatic carbocycles. The summed E-state index contributed by atoms with van der Waals surface area (Å²) in [5.41, 5.74) is 2.90. The first-order valence-electron chi connectivity index (χ1n) is 4.74. The number of hydrogen-bond acceptors (Lipinski definition) is 2. The molecule has 0 saturated carbocycles. The molecule has 0 aliphatic heterocycles. The highest BCUT2D eigenvalue weighted by atomic mass is 16.3. The number of nitrogens with zero attached hydrogens (tertiary/aromatic N) is 2. The summed E-state index contributed by atoms with van der Waals surface area (Å²) in [5, 5.41) is 9.74. The van der Waals surface area contributed by atoms with Crippen LogP contribution in [0.1, 0.15) is 25.3 Å². The van der Waals surface area contributed by atoms with Crippen LogP contribution in [-0.4, -0.2) is 14.7 Å². The zero-order chi connectivity index (χ0) is 10.3. The number of rotatable bonds is 1. The molecule has 2 rings (SSSR count).